The van der Waals surface area contributed by atoms with Crippen molar-refractivity contribution in [3.05, 3.63) is 58.1 Å². The van der Waals surface area contributed by atoms with E-state index in [4.69, 9.17) is 0 Å². The number of para-hydroxylation sites is 1. The third-order valence-electron chi connectivity index (χ3n) is 3.00. The Morgan fingerprint density at radius 3 is 2.71 bits per heavy atom. The van der Waals surface area contributed by atoms with Crippen molar-refractivity contribution in [1.82, 2.24) is 15.0 Å². The highest BCUT2D eigenvalue weighted by molar-refractivity contribution is 5.93. The zero-order valence-electron chi connectivity index (χ0n) is 10.5. The minimum atomic E-state index is -1.19. The fourth-order valence-electron chi connectivity index (χ4n) is 2.04. The van der Waals surface area contributed by atoms with Crippen molar-refractivity contribution in [3.63, 3.8) is 0 Å². The topological polar surface area (TPSA) is 111 Å². The van der Waals surface area contributed by atoms with Crippen molar-refractivity contribution in [2.45, 2.75) is 0 Å². The van der Waals surface area contributed by atoms with Crippen LogP contribution in [0.15, 0.2) is 42.5 Å². The molecule has 0 radical (unpaired) electrons. The van der Waals surface area contributed by atoms with E-state index in [0.29, 0.717) is 11.0 Å². The molecule has 0 amide bonds. The van der Waals surface area contributed by atoms with Crippen molar-refractivity contribution >= 4 is 22.7 Å². The number of carboxylic acids is 1. The largest absolute Gasteiger partial charge is 0.478 e. The number of nitro groups is 1. The van der Waals surface area contributed by atoms with Gasteiger partial charge < -0.3 is 5.11 Å². The van der Waals surface area contributed by atoms with E-state index in [-0.39, 0.29) is 16.9 Å². The van der Waals surface area contributed by atoms with E-state index in [1.807, 2.05) is 0 Å². The summed E-state index contributed by atoms with van der Waals surface area (Å²) in [6.07, 6.45) is 0. The highest BCUT2D eigenvalue weighted by Crippen LogP contribution is 2.24. The minimum Gasteiger partial charge on any atom is -0.478 e. The lowest BCUT2D eigenvalue weighted by Gasteiger charge is -2.06. The molecule has 0 atom stereocenters. The first-order valence-corrected chi connectivity index (χ1v) is 5.90. The SMILES string of the molecule is O=C(O)c1ccc([N+](=O)[O-])cc1-n1nnc2ccccc21. The van der Waals surface area contributed by atoms with Crippen LogP contribution < -0.4 is 0 Å². The maximum Gasteiger partial charge on any atom is 0.337 e. The van der Waals surface area contributed by atoms with Crippen LogP contribution in [0.5, 0.6) is 0 Å². The Labute approximate surface area is 117 Å². The summed E-state index contributed by atoms with van der Waals surface area (Å²) in [7, 11) is 0. The first kappa shape index (κ1) is 12.7. The van der Waals surface area contributed by atoms with E-state index in [0.717, 1.165) is 6.07 Å². The number of hydrogen-bond acceptors (Lipinski definition) is 5. The molecule has 0 aliphatic heterocycles. The van der Waals surface area contributed by atoms with Gasteiger partial charge in [-0.15, -0.1) is 5.10 Å². The second kappa shape index (κ2) is 4.67. The van der Waals surface area contributed by atoms with Crippen molar-refractivity contribution in [3.8, 4) is 5.69 Å². The third kappa shape index (κ3) is 2.08. The number of aromatic carboxylic acids is 1. The van der Waals surface area contributed by atoms with Gasteiger partial charge in [-0.25, -0.2) is 9.48 Å². The van der Waals surface area contributed by atoms with Gasteiger partial charge in [0.15, 0.2) is 0 Å². The quantitative estimate of drug-likeness (QED) is 0.581. The second-order valence-corrected chi connectivity index (χ2v) is 4.25. The molecule has 8 heteroatoms. The molecule has 0 aliphatic carbocycles. The average molecular weight is 284 g/mol. The van der Waals surface area contributed by atoms with Gasteiger partial charge in [-0.05, 0) is 18.2 Å². The Morgan fingerprint density at radius 1 is 1.24 bits per heavy atom. The lowest BCUT2D eigenvalue weighted by atomic mass is 10.1. The molecular formula is C13H8N4O4. The summed E-state index contributed by atoms with van der Waals surface area (Å²) in [5, 5.41) is 27.9. The molecule has 104 valence electrons. The molecule has 0 unspecified atom stereocenters. The monoisotopic (exact) mass is 284 g/mol. The maximum atomic E-state index is 11.3. The molecule has 0 saturated carbocycles. The first-order chi connectivity index (χ1) is 10.1. The zero-order chi connectivity index (χ0) is 15.0. The summed E-state index contributed by atoms with van der Waals surface area (Å²) < 4.78 is 1.28. The molecule has 0 bridgehead atoms. The Kier molecular flexibility index (Phi) is 2.83. The van der Waals surface area contributed by atoms with E-state index < -0.39 is 10.9 Å². The second-order valence-electron chi connectivity index (χ2n) is 4.25. The van der Waals surface area contributed by atoms with Crippen LogP contribution in [-0.2, 0) is 0 Å². The number of benzene rings is 2. The fraction of sp³-hybridized carbons (Fsp3) is 0. The summed E-state index contributed by atoms with van der Waals surface area (Å²) >= 11 is 0. The lowest BCUT2D eigenvalue weighted by molar-refractivity contribution is -0.384. The van der Waals surface area contributed by atoms with Crippen LogP contribution in [-0.4, -0.2) is 31.0 Å². The molecule has 21 heavy (non-hydrogen) atoms. The molecule has 0 aliphatic rings. The molecule has 0 fully saturated rings. The van der Waals surface area contributed by atoms with Gasteiger partial charge in [0.25, 0.3) is 5.69 Å². The molecule has 1 N–H and O–H groups in total. The molecule has 3 rings (SSSR count). The van der Waals surface area contributed by atoms with Crippen LogP contribution in [0.4, 0.5) is 5.69 Å². The highest BCUT2D eigenvalue weighted by atomic mass is 16.6. The van der Waals surface area contributed by atoms with E-state index >= 15 is 0 Å². The summed E-state index contributed by atoms with van der Waals surface area (Å²) in [6.45, 7) is 0. The molecule has 0 spiro atoms. The molecule has 2 aromatic carbocycles. The van der Waals surface area contributed by atoms with Crippen LogP contribution in [0.2, 0.25) is 0 Å². The van der Waals surface area contributed by atoms with Gasteiger partial charge in [0.2, 0.25) is 0 Å². The highest BCUT2D eigenvalue weighted by Gasteiger charge is 2.19. The van der Waals surface area contributed by atoms with Gasteiger partial charge in [0, 0.05) is 12.1 Å². The number of carboxylic acid groups (broad SMARTS) is 1. The van der Waals surface area contributed by atoms with Crippen LogP contribution in [0, 0.1) is 10.1 Å². The minimum absolute atomic E-state index is 0.0868. The van der Waals surface area contributed by atoms with Crippen molar-refractivity contribution in [2.24, 2.45) is 0 Å². The van der Waals surface area contributed by atoms with Gasteiger partial charge in [-0.2, -0.15) is 0 Å². The van der Waals surface area contributed by atoms with Gasteiger partial charge in [-0.1, -0.05) is 17.3 Å². The Bertz CT molecular complexity index is 871. The standard InChI is InChI=1S/C13H8N4O4/c18-13(19)9-6-5-8(17(20)21)7-12(9)16-11-4-2-1-3-10(11)14-15-16/h1-7H,(H,18,19). The fourth-order valence-corrected chi connectivity index (χ4v) is 2.04. The molecule has 8 nitrogen and oxygen atoms in total. The number of nitro benzene ring substituents is 1. The average Bonchev–Trinajstić information content (AvgIpc) is 2.90. The molecule has 1 heterocycles. The Balaban J connectivity index is 2.31. The number of fused-ring (bicyclic) bond motifs is 1. The normalized spacial score (nSPS) is 10.7. The van der Waals surface area contributed by atoms with Crippen LogP contribution >= 0.6 is 0 Å². The molecular weight excluding hydrogens is 276 g/mol. The summed E-state index contributed by atoms with van der Waals surface area (Å²) in [5.41, 5.74) is 0.942. The van der Waals surface area contributed by atoms with Crippen LogP contribution in [0.1, 0.15) is 10.4 Å². The van der Waals surface area contributed by atoms with E-state index in [2.05, 4.69) is 10.3 Å². The summed E-state index contributed by atoms with van der Waals surface area (Å²) in [5.74, 6) is -1.19. The smallest absolute Gasteiger partial charge is 0.337 e. The van der Waals surface area contributed by atoms with Crippen molar-refractivity contribution < 1.29 is 14.8 Å². The summed E-state index contributed by atoms with van der Waals surface area (Å²) in [6, 6.07) is 10.5. The van der Waals surface area contributed by atoms with Crippen molar-refractivity contribution in [1.29, 1.82) is 0 Å². The van der Waals surface area contributed by atoms with E-state index in [1.54, 1.807) is 24.3 Å². The first-order valence-electron chi connectivity index (χ1n) is 5.90. The molecule has 1 aromatic heterocycles. The Morgan fingerprint density at radius 2 is 2.00 bits per heavy atom. The third-order valence-corrected chi connectivity index (χ3v) is 3.00. The predicted molar refractivity (Wildman–Crippen MR) is 72.5 cm³/mol. The van der Waals surface area contributed by atoms with Gasteiger partial charge >= 0.3 is 5.97 Å². The van der Waals surface area contributed by atoms with E-state index in [9.17, 15) is 20.0 Å². The number of non-ortho nitro benzene ring substituents is 1. The molecule has 3 aromatic rings. The zero-order valence-corrected chi connectivity index (χ0v) is 10.5. The number of aromatic nitrogens is 3. The number of rotatable bonds is 3. The molecule has 0 saturated heterocycles. The summed E-state index contributed by atoms with van der Waals surface area (Å²) in [4.78, 5) is 21.6. The lowest BCUT2D eigenvalue weighted by Crippen LogP contribution is -2.07. The number of hydrogen-bond donors (Lipinski definition) is 1. The van der Waals surface area contributed by atoms with Crippen LogP contribution in [0.3, 0.4) is 0 Å². The van der Waals surface area contributed by atoms with Gasteiger partial charge in [0.05, 0.1) is 21.7 Å². The Hall–Kier alpha value is -3.29. The predicted octanol–water partition coefficient (Wildman–Crippen LogP) is 2.03. The van der Waals surface area contributed by atoms with Crippen LogP contribution in [0.25, 0.3) is 16.7 Å². The van der Waals surface area contributed by atoms with E-state index in [1.165, 1.54) is 16.8 Å². The maximum absolute atomic E-state index is 11.3. The van der Waals surface area contributed by atoms with Crippen molar-refractivity contribution in [2.75, 3.05) is 0 Å². The number of carbonyl (C=O) groups is 1. The van der Waals surface area contributed by atoms with Gasteiger partial charge in [-0.3, -0.25) is 10.1 Å². The number of nitrogens with zero attached hydrogens (tertiary/aromatic N) is 4. The van der Waals surface area contributed by atoms with Gasteiger partial charge in [0.1, 0.15) is 5.52 Å².